The monoisotopic (exact) mass is 479 g/mol. The van der Waals surface area contributed by atoms with Gasteiger partial charge in [-0.15, -0.1) is 0 Å². The number of halogens is 1. The summed E-state index contributed by atoms with van der Waals surface area (Å²) in [6.07, 6.45) is 1.49. The van der Waals surface area contributed by atoms with Crippen LogP contribution in [-0.4, -0.2) is 31.2 Å². The molecule has 3 rings (SSSR count). The highest BCUT2D eigenvalue weighted by molar-refractivity contribution is 6.30. The molecule has 8 heteroatoms. The van der Waals surface area contributed by atoms with Gasteiger partial charge in [0.05, 0.1) is 19.4 Å². The molecule has 7 nitrogen and oxygen atoms in total. The van der Waals surface area contributed by atoms with E-state index < -0.39 is 5.91 Å². The van der Waals surface area contributed by atoms with Gasteiger partial charge in [0.25, 0.3) is 11.8 Å². The van der Waals surface area contributed by atoms with Gasteiger partial charge >= 0.3 is 0 Å². The quantitative estimate of drug-likeness (QED) is 0.331. The summed E-state index contributed by atoms with van der Waals surface area (Å²) in [5.41, 5.74) is 5.56. The lowest BCUT2D eigenvalue weighted by Gasteiger charge is -2.12. The molecule has 0 aromatic heterocycles. The summed E-state index contributed by atoms with van der Waals surface area (Å²) in [4.78, 5) is 24.1. The SMILES string of the molecule is CCOc1cc(C=NNC(=O)CNC(=O)c2cccc(C)c2)ccc1OCc1ccc(Cl)cc1. The van der Waals surface area contributed by atoms with Gasteiger partial charge in [-0.3, -0.25) is 9.59 Å². The first kappa shape index (κ1) is 24.8. The summed E-state index contributed by atoms with van der Waals surface area (Å²) in [5, 5.41) is 7.19. The van der Waals surface area contributed by atoms with Crippen LogP contribution in [0.5, 0.6) is 11.5 Å². The molecule has 0 aliphatic heterocycles. The van der Waals surface area contributed by atoms with Gasteiger partial charge in [-0.25, -0.2) is 5.43 Å². The van der Waals surface area contributed by atoms with Gasteiger partial charge in [0, 0.05) is 10.6 Å². The van der Waals surface area contributed by atoms with Crippen LogP contribution >= 0.6 is 11.6 Å². The van der Waals surface area contributed by atoms with Crippen LogP contribution in [0.4, 0.5) is 0 Å². The van der Waals surface area contributed by atoms with Crippen molar-refractivity contribution in [2.75, 3.05) is 13.2 Å². The van der Waals surface area contributed by atoms with Crippen molar-refractivity contribution < 1.29 is 19.1 Å². The first-order valence-corrected chi connectivity index (χ1v) is 11.1. The molecule has 0 bridgehead atoms. The molecule has 0 heterocycles. The van der Waals surface area contributed by atoms with Crippen LogP contribution in [0.3, 0.4) is 0 Å². The number of amides is 2. The maximum absolute atomic E-state index is 12.1. The summed E-state index contributed by atoms with van der Waals surface area (Å²) in [7, 11) is 0. The Kier molecular flexibility index (Phi) is 9.05. The molecule has 0 unspecified atom stereocenters. The Bertz CT molecular complexity index is 1160. The number of carbonyl (C=O) groups excluding carboxylic acids is 2. The molecule has 0 saturated carbocycles. The first-order chi connectivity index (χ1) is 16.4. The van der Waals surface area contributed by atoms with Crippen molar-refractivity contribution in [1.29, 1.82) is 0 Å². The van der Waals surface area contributed by atoms with E-state index in [1.165, 1.54) is 6.21 Å². The summed E-state index contributed by atoms with van der Waals surface area (Å²) in [6.45, 7) is 4.43. The van der Waals surface area contributed by atoms with Crippen molar-refractivity contribution in [2.45, 2.75) is 20.5 Å². The third-order valence-electron chi connectivity index (χ3n) is 4.67. The molecule has 0 spiro atoms. The third kappa shape index (κ3) is 7.64. The number of hydrazone groups is 1. The minimum absolute atomic E-state index is 0.189. The van der Waals surface area contributed by atoms with Crippen molar-refractivity contribution in [3.8, 4) is 11.5 Å². The maximum Gasteiger partial charge on any atom is 0.259 e. The second-order valence-electron chi connectivity index (χ2n) is 7.40. The topological polar surface area (TPSA) is 89.0 Å². The lowest BCUT2D eigenvalue weighted by atomic mass is 10.1. The van der Waals surface area contributed by atoms with Crippen molar-refractivity contribution >= 4 is 29.6 Å². The van der Waals surface area contributed by atoms with Gasteiger partial charge in [0.15, 0.2) is 11.5 Å². The predicted molar refractivity (Wildman–Crippen MR) is 133 cm³/mol. The van der Waals surface area contributed by atoms with Gasteiger partial charge in [0.2, 0.25) is 0 Å². The molecule has 0 fully saturated rings. The number of nitrogens with zero attached hydrogens (tertiary/aromatic N) is 1. The molecule has 0 atom stereocenters. The molecule has 0 aliphatic carbocycles. The molecule has 0 saturated heterocycles. The molecule has 3 aromatic rings. The number of rotatable bonds is 10. The van der Waals surface area contributed by atoms with Crippen molar-refractivity contribution in [3.05, 3.63) is 94.0 Å². The lowest BCUT2D eigenvalue weighted by molar-refractivity contribution is -0.120. The molecule has 0 aliphatic rings. The van der Waals surface area contributed by atoms with E-state index in [0.29, 0.717) is 40.9 Å². The summed E-state index contributed by atoms with van der Waals surface area (Å²) in [6, 6.07) is 19.9. The zero-order chi connectivity index (χ0) is 24.3. The Morgan fingerprint density at radius 2 is 1.79 bits per heavy atom. The van der Waals surface area contributed by atoms with Crippen molar-refractivity contribution in [2.24, 2.45) is 5.10 Å². The standard InChI is InChI=1S/C26H26ClN3O4/c1-3-33-24-14-20(9-12-23(24)34-17-19-7-10-22(27)11-8-19)15-29-30-25(31)16-28-26(32)21-6-4-5-18(2)13-21/h4-15H,3,16-17H2,1-2H3,(H,28,32)(H,30,31). The number of hydrogen-bond donors (Lipinski definition) is 2. The van der Waals surface area contributed by atoms with Gasteiger partial charge in [-0.1, -0.05) is 41.4 Å². The Labute approximate surface area is 203 Å². The molecular formula is C26H26ClN3O4. The molecule has 2 amide bonds. The lowest BCUT2D eigenvalue weighted by Crippen LogP contribution is -2.34. The van der Waals surface area contributed by atoms with E-state index in [2.05, 4.69) is 15.8 Å². The first-order valence-electron chi connectivity index (χ1n) is 10.8. The smallest absolute Gasteiger partial charge is 0.259 e. The molecule has 34 heavy (non-hydrogen) atoms. The van der Waals surface area contributed by atoms with E-state index in [4.69, 9.17) is 21.1 Å². The second-order valence-corrected chi connectivity index (χ2v) is 7.84. The van der Waals surface area contributed by atoms with E-state index in [1.807, 2.05) is 44.2 Å². The van der Waals surface area contributed by atoms with Gasteiger partial charge < -0.3 is 14.8 Å². The summed E-state index contributed by atoms with van der Waals surface area (Å²) in [5.74, 6) is 0.401. The fourth-order valence-electron chi connectivity index (χ4n) is 3.00. The Hall–Kier alpha value is -3.84. The summed E-state index contributed by atoms with van der Waals surface area (Å²) < 4.78 is 11.6. The number of carbonyl (C=O) groups is 2. The zero-order valence-corrected chi connectivity index (χ0v) is 19.8. The minimum Gasteiger partial charge on any atom is -0.490 e. The van der Waals surface area contributed by atoms with Crippen LogP contribution in [0.25, 0.3) is 0 Å². The van der Waals surface area contributed by atoms with Crippen LogP contribution in [0.1, 0.15) is 34.0 Å². The molecule has 176 valence electrons. The molecule has 3 aromatic carbocycles. The van der Waals surface area contributed by atoms with Crippen LogP contribution in [0, 0.1) is 6.92 Å². The van der Waals surface area contributed by atoms with Gasteiger partial charge in [-0.2, -0.15) is 5.10 Å². The van der Waals surface area contributed by atoms with Gasteiger partial charge in [0.1, 0.15) is 6.61 Å². The average Bonchev–Trinajstić information content (AvgIpc) is 2.83. The highest BCUT2D eigenvalue weighted by Crippen LogP contribution is 2.29. The van der Waals surface area contributed by atoms with Crippen LogP contribution in [0.2, 0.25) is 5.02 Å². The average molecular weight is 480 g/mol. The Morgan fingerprint density at radius 1 is 1.00 bits per heavy atom. The van der Waals surface area contributed by atoms with Gasteiger partial charge in [-0.05, 0) is 67.4 Å². The van der Waals surface area contributed by atoms with E-state index in [1.54, 1.807) is 36.4 Å². The maximum atomic E-state index is 12.1. The van der Waals surface area contributed by atoms with Crippen LogP contribution < -0.4 is 20.2 Å². The fraction of sp³-hybridized carbons (Fsp3) is 0.192. The second kappa shape index (κ2) is 12.4. The number of ether oxygens (including phenoxy) is 2. The van der Waals surface area contributed by atoms with Crippen LogP contribution in [0.15, 0.2) is 71.8 Å². The third-order valence-corrected chi connectivity index (χ3v) is 4.92. The van der Waals surface area contributed by atoms with E-state index in [0.717, 1.165) is 11.1 Å². The number of aryl methyl sites for hydroxylation is 1. The van der Waals surface area contributed by atoms with Crippen molar-refractivity contribution in [1.82, 2.24) is 10.7 Å². The fourth-order valence-corrected chi connectivity index (χ4v) is 3.13. The molecule has 2 N–H and O–H groups in total. The minimum atomic E-state index is -0.440. The van der Waals surface area contributed by atoms with Crippen molar-refractivity contribution in [3.63, 3.8) is 0 Å². The predicted octanol–water partition coefficient (Wildman–Crippen LogP) is 4.51. The summed E-state index contributed by atoms with van der Waals surface area (Å²) >= 11 is 5.92. The normalized spacial score (nSPS) is 10.7. The largest absolute Gasteiger partial charge is 0.490 e. The molecule has 0 radical (unpaired) electrons. The molecular weight excluding hydrogens is 454 g/mol. The van der Waals surface area contributed by atoms with E-state index in [9.17, 15) is 9.59 Å². The van der Waals surface area contributed by atoms with E-state index in [-0.39, 0.29) is 12.5 Å². The highest BCUT2D eigenvalue weighted by atomic mass is 35.5. The highest BCUT2D eigenvalue weighted by Gasteiger charge is 2.09. The zero-order valence-electron chi connectivity index (χ0n) is 19.0. The number of nitrogens with one attached hydrogen (secondary N) is 2. The Morgan fingerprint density at radius 3 is 2.53 bits per heavy atom. The van der Waals surface area contributed by atoms with E-state index >= 15 is 0 Å². The number of benzene rings is 3. The number of hydrogen-bond acceptors (Lipinski definition) is 5. The Balaban J connectivity index is 1.53. The van der Waals surface area contributed by atoms with Crippen LogP contribution in [-0.2, 0) is 11.4 Å².